The summed E-state index contributed by atoms with van der Waals surface area (Å²) >= 11 is 0. The van der Waals surface area contributed by atoms with Crippen LogP contribution in [0.15, 0.2) is 90.5 Å². The second-order valence-electron chi connectivity index (χ2n) is 10.4. The highest BCUT2D eigenvalue weighted by Gasteiger charge is 2.36. The molecule has 2 aliphatic carbocycles. The predicted molar refractivity (Wildman–Crippen MR) is 144 cm³/mol. The minimum absolute atomic E-state index is 0.293. The Morgan fingerprint density at radius 3 is 2.06 bits per heavy atom. The van der Waals surface area contributed by atoms with E-state index in [2.05, 4.69) is 103 Å². The van der Waals surface area contributed by atoms with E-state index in [0.29, 0.717) is 6.04 Å². The Bertz CT molecular complexity index is 1070. The van der Waals surface area contributed by atoms with Crippen LogP contribution in [0.3, 0.4) is 0 Å². The molecule has 3 aromatic rings. The SMILES string of the molecule is C[Si](C)(c1ccccc1)[C@H]1CCCC=C1CCNC1c2ccccc2CCc2ccccc21. The van der Waals surface area contributed by atoms with Crippen molar-refractivity contribution in [3.05, 3.63) is 113 Å². The van der Waals surface area contributed by atoms with Crippen LogP contribution in [0.5, 0.6) is 0 Å². The summed E-state index contributed by atoms with van der Waals surface area (Å²) in [4.78, 5) is 0. The van der Waals surface area contributed by atoms with Crippen molar-refractivity contribution in [3.63, 3.8) is 0 Å². The summed E-state index contributed by atoms with van der Waals surface area (Å²) in [7, 11) is -1.55. The maximum atomic E-state index is 4.01. The number of hydrogen-bond donors (Lipinski definition) is 1. The van der Waals surface area contributed by atoms with E-state index in [1.54, 1.807) is 10.8 Å². The molecule has 0 aliphatic heterocycles. The van der Waals surface area contributed by atoms with Gasteiger partial charge in [-0.05, 0) is 72.9 Å². The molecule has 1 N–H and O–H groups in total. The molecular weight excluding hydrogens is 414 g/mol. The Hall–Kier alpha value is -2.42. The van der Waals surface area contributed by atoms with E-state index < -0.39 is 8.07 Å². The molecule has 5 rings (SSSR count). The fourth-order valence-electron chi connectivity index (χ4n) is 6.21. The molecule has 1 nitrogen and oxygen atoms in total. The number of benzene rings is 3. The van der Waals surface area contributed by atoms with Gasteiger partial charge in [0.15, 0.2) is 0 Å². The molecule has 2 aliphatic rings. The first-order chi connectivity index (χ1) is 16.1. The molecular formula is C31H37NSi. The maximum absolute atomic E-state index is 4.01. The summed E-state index contributed by atoms with van der Waals surface area (Å²) < 4.78 is 0. The molecule has 2 heteroatoms. The summed E-state index contributed by atoms with van der Waals surface area (Å²) in [6.45, 7) is 6.20. The first-order valence-electron chi connectivity index (χ1n) is 12.8. The van der Waals surface area contributed by atoms with Gasteiger partial charge in [0, 0.05) is 0 Å². The molecule has 0 spiro atoms. The lowest BCUT2D eigenvalue weighted by Gasteiger charge is -2.37. The minimum Gasteiger partial charge on any atom is -0.306 e. The molecule has 33 heavy (non-hydrogen) atoms. The lowest BCUT2D eigenvalue weighted by Crippen LogP contribution is -2.47. The Morgan fingerprint density at radius 2 is 1.39 bits per heavy atom. The largest absolute Gasteiger partial charge is 0.306 e. The van der Waals surface area contributed by atoms with Crippen molar-refractivity contribution in [3.8, 4) is 0 Å². The Kier molecular flexibility index (Phi) is 6.66. The van der Waals surface area contributed by atoms with Gasteiger partial charge in [-0.1, -0.05) is 109 Å². The highest BCUT2D eigenvalue weighted by atomic mass is 28.3. The molecule has 3 aromatic carbocycles. The van der Waals surface area contributed by atoms with E-state index in [0.717, 1.165) is 31.3 Å². The minimum atomic E-state index is -1.55. The topological polar surface area (TPSA) is 12.0 Å². The van der Waals surface area contributed by atoms with Crippen molar-refractivity contribution in [1.29, 1.82) is 0 Å². The highest BCUT2D eigenvalue weighted by molar-refractivity contribution is 6.91. The zero-order valence-corrected chi connectivity index (χ0v) is 21.2. The molecule has 0 heterocycles. The van der Waals surface area contributed by atoms with Gasteiger partial charge in [0.2, 0.25) is 0 Å². The van der Waals surface area contributed by atoms with Gasteiger partial charge in [-0.25, -0.2) is 0 Å². The van der Waals surface area contributed by atoms with Gasteiger partial charge in [0.1, 0.15) is 0 Å². The molecule has 1 atom stereocenters. The van der Waals surface area contributed by atoms with Gasteiger partial charge in [0.25, 0.3) is 0 Å². The van der Waals surface area contributed by atoms with Gasteiger partial charge < -0.3 is 5.32 Å². The summed E-state index contributed by atoms with van der Waals surface area (Å²) in [5, 5.41) is 5.61. The molecule has 0 amide bonds. The first kappa shape index (κ1) is 22.4. The molecule has 0 unspecified atom stereocenters. The average molecular weight is 452 g/mol. The van der Waals surface area contributed by atoms with Crippen molar-refractivity contribution >= 4 is 13.3 Å². The van der Waals surface area contributed by atoms with Crippen LogP contribution >= 0.6 is 0 Å². The van der Waals surface area contributed by atoms with Gasteiger partial charge in [0.05, 0.1) is 14.1 Å². The number of fused-ring (bicyclic) bond motifs is 2. The maximum Gasteiger partial charge on any atom is 0.0876 e. The summed E-state index contributed by atoms with van der Waals surface area (Å²) in [5.41, 5.74) is 8.40. The predicted octanol–water partition coefficient (Wildman–Crippen LogP) is 6.95. The number of hydrogen-bond acceptors (Lipinski definition) is 1. The van der Waals surface area contributed by atoms with Gasteiger partial charge in [-0.15, -0.1) is 0 Å². The lowest BCUT2D eigenvalue weighted by molar-refractivity contribution is 0.580. The molecule has 0 bridgehead atoms. The summed E-state index contributed by atoms with van der Waals surface area (Å²) in [6.07, 6.45) is 9.96. The van der Waals surface area contributed by atoms with Gasteiger partial charge in [-0.3, -0.25) is 0 Å². The molecule has 170 valence electrons. The number of allylic oxidation sites excluding steroid dienone is 1. The van der Waals surface area contributed by atoms with Crippen molar-refractivity contribution < 1.29 is 0 Å². The van der Waals surface area contributed by atoms with E-state index >= 15 is 0 Å². The third kappa shape index (κ3) is 4.65. The zero-order valence-electron chi connectivity index (χ0n) is 20.2. The van der Waals surface area contributed by atoms with Gasteiger partial charge in [-0.2, -0.15) is 0 Å². The third-order valence-corrected chi connectivity index (χ3v) is 12.3. The van der Waals surface area contributed by atoms with Crippen LogP contribution in [0, 0.1) is 0 Å². The molecule has 0 radical (unpaired) electrons. The number of aryl methyl sites for hydroxylation is 2. The summed E-state index contributed by atoms with van der Waals surface area (Å²) in [6, 6.07) is 29.7. The lowest BCUT2D eigenvalue weighted by atomic mass is 9.93. The standard InChI is InChI=1S/C31H37NSi/c1-33(2,27-15-4-3-5-16-27)30-19-11-8-14-26(30)22-23-32-31-28-17-9-6-12-24(28)20-21-25-13-7-10-18-29(25)31/h3-7,9-10,12-18,30-32H,8,11,19-23H2,1-2H3/t30-/m0/s1. The van der Waals surface area contributed by atoms with E-state index in [9.17, 15) is 0 Å². The first-order valence-corrected chi connectivity index (χ1v) is 15.9. The third-order valence-electron chi connectivity index (χ3n) is 8.10. The monoisotopic (exact) mass is 451 g/mol. The highest BCUT2D eigenvalue weighted by Crippen LogP contribution is 2.40. The van der Waals surface area contributed by atoms with Crippen LogP contribution in [-0.4, -0.2) is 14.6 Å². The van der Waals surface area contributed by atoms with Crippen molar-refractivity contribution in [2.45, 2.75) is 63.2 Å². The summed E-state index contributed by atoms with van der Waals surface area (Å²) in [5.74, 6) is 0. The van der Waals surface area contributed by atoms with Crippen LogP contribution in [-0.2, 0) is 12.8 Å². The Morgan fingerprint density at radius 1 is 0.788 bits per heavy atom. The quantitative estimate of drug-likeness (QED) is 0.316. The smallest absolute Gasteiger partial charge is 0.0876 e. The molecule has 0 fully saturated rings. The van der Waals surface area contributed by atoms with Crippen molar-refractivity contribution in [2.24, 2.45) is 0 Å². The van der Waals surface area contributed by atoms with Crippen molar-refractivity contribution in [2.75, 3.05) is 6.54 Å². The van der Waals surface area contributed by atoms with Crippen molar-refractivity contribution in [1.82, 2.24) is 5.32 Å². The fourth-order valence-corrected chi connectivity index (χ4v) is 9.78. The van der Waals surface area contributed by atoms with Gasteiger partial charge >= 0.3 is 0 Å². The zero-order chi connectivity index (χ0) is 22.7. The van der Waals surface area contributed by atoms with Crippen LogP contribution in [0.25, 0.3) is 0 Å². The van der Waals surface area contributed by atoms with E-state index in [4.69, 9.17) is 0 Å². The second kappa shape index (κ2) is 9.83. The average Bonchev–Trinajstić information content (AvgIpc) is 3.02. The van der Waals surface area contributed by atoms with E-state index in [-0.39, 0.29) is 0 Å². The Balaban J connectivity index is 1.35. The molecule has 0 saturated heterocycles. The van der Waals surface area contributed by atoms with Crippen LogP contribution in [0.1, 0.15) is 54.0 Å². The Labute approximate surface area is 201 Å². The van der Waals surface area contributed by atoms with E-state index in [1.165, 1.54) is 41.5 Å². The second-order valence-corrected chi connectivity index (χ2v) is 15.1. The fraction of sp³-hybridized carbons (Fsp3) is 0.355. The number of nitrogens with one attached hydrogen (secondary N) is 1. The van der Waals surface area contributed by atoms with Crippen LogP contribution in [0.4, 0.5) is 0 Å². The normalized spacial score (nSPS) is 18.7. The van der Waals surface area contributed by atoms with Crippen LogP contribution in [0.2, 0.25) is 18.6 Å². The number of rotatable bonds is 6. The van der Waals surface area contributed by atoms with Crippen LogP contribution < -0.4 is 10.5 Å². The molecule has 0 saturated carbocycles. The molecule has 0 aromatic heterocycles. The van der Waals surface area contributed by atoms with E-state index in [1.807, 2.05) is 0 Å².